The summed E-state index contributed by atoms with van der Waals surface area (Å²) in [6.07, 6.45) is 1.56. The van der Waals surface area contributed by atoms with Gasteiger partial charge in [-0.15, -0.1) is 0 Å². The van der Waals surface area contributed by atoms with Gasteiger partial charge in [0.25, 0.3) is 5.91 Å². The van der Waals surface area contributed by atoms with Gasteiger partial charge in [0.1, 0.15) is 0 Å². The van der Waals surface area contributed by atoms with Gasteiger partial charge in [0.2, 0.25) is 5.91 Å². The number of guanidine groups is 1. The SMILES string of the molecule is CCNC(=O)c1cccc(CN=C(NCC)NCc2ccc(N3CCCC3=O)cc2)c1. The van der Waals surface area contributed by atoms with Crippen LogP contribution in [0.2, 0.25) is 0 Å². The van der Waals surface area contributed by atoms with Crippen molar-refractivity contribution in [2.75, 3.05) is 24.5 Å². The van der Waals surface area contributed by atoms with Crippen molar-refractivity contribution in [3.8, 4) is 0 Å². The number of anilines is 1. The van der Waals surface area contributed by atoms with E-state index in [-0.39, 0.29) is 11.8 Å². The third-order valence-corrected chi connectivity index (χ3v) is 5.07. The van der Waals surface area contributed by atoms with Crippen molar-refractivity contribution in [1.82, 2.24) is 16.0 Å². The first kappa shape index (κ1) is 22.3. The molecule has 1 aliphatic rings. The Labute approximate surface area is 183 Å². The van der Waals surface area contributed by atoms with Crippen LogP contribution in [0.3, 0.4) is 0 Å². The van der Waals surface area contributed by atoms with Crippen LogP contribution in [0.1, 0.15) is 48.2 Å². The van der Waals surface area contributed by atoms with Gasteiger partial charge in [-0.25, -0.2) is 4.99 Å². The first-order valence-corrected chi connectivity index (χ1v) is 10.9. The van der Waals surface area contributed by atoms with Crippen LogP contribution < -0.4 is 20.9 Å². The van der Waals surface area contributed by atoms with Crippen molar-refractivity contribution in [2.45, 2.75) is 39.8 Å². The molecule has 0 atom stereocenters. The summed E-state index contributed by atoms with van der Waals surface area (Å²) in [4.78, 5) is 30.4. The summed E-state index contributed by atoms with van der Waals surface area (Å²) in [6.45, 7) is 7.17. The highest BCUT2D eigenvalue weighted by Gasteiger charge is 2.21. The first-order chi connectivity index (χ1) is 15.1. The van der Waals surface area contributed by atoms with Crippen LogP contribution in [0, 0.1) is 0 Å². The molecule has 7 heteroatoms. The van der Waals surface area contributed by atoms with E-state index in [0.717, 1.165) is 36.3 Å². The van der Waals surface area contributed by atoms with E-state index in [2.05, 4.69) is 20.9 Å². The topological polar surface area (TPSA) is 85.8 Å². The summed E-state index contributed by atoms with van der Waals surface area (Å²) in [6, 6.07) is 15.6. The van der Waals surface area contributed by atoms with Gasteiger partial charge >= 0.3 is 0 Å². The maximum atomic E-state index is 12.0. The lowest BCUT2D eigenvalue weighted by atomic mass is 10.1. The average Bonchev–Trinajstić information content (AvgIpc) is 3.22. The molecule has 1 fully saturated rings. The standard InChI is InChI=1S/C24H31N5O2/c1-3-25-23(31)20-8-5-7-19(15-20)17-28-24(26-4-2)27-16-18-10-12-21(13-11-18)29-14-6-9-22(29)30/h5,7-8,10-13,15H,3-4,6,9,14,16-17H2,1-2H3,(H,25,31)(H2,26,27,28). The van der Waals surface area contributed by atoms with Gasteiger partial charge < -0.3 is 20.9 Å². The zero-order chi connectivity index (χ0) is 22.1. The minimum Gasteiger partial charge on any atom is -0.357 e. The van der Waals surface area contributed by atoms with Crippen molar-refractivity contribution in [2.24, 2.45) is 4.99 Å². The lowest BCUT2D eigenvalue weighted by Gasteiger charge is -2.16. The van der Waals surface area contributed by atoms with E-state index in [9.17, 15) is 9.59 Å². The molecule has 2 aromatic carbocycles. The molecule has 2 amide bonds. The number of hydrogen-bond acceptors (Lipinski definition) is 3. The van der Waals surface area contributed by atoms with E-state index in [4.69, 9.17) is 0 Å². The number of carbonyl (C=O) groups excluding carboxylic acids is 2. The van der Waals surface area contributed by atoms with Crippen LogP contribution >= 0.6 is 0 Å². The lowest BCUT2D eigenvalue weighted by molar-refractivity contribution is -0.117. The molecule has 31 heavy (non-hydrogen) atoms. The van der Waals surface area contributed by atoms with Crippen molar-refractivity contribution >= 4 is 23.5 Å². The van der Waals surface area contributed by atoms with Gasteiger partial charge in [-0.1, -0.05) is 24.3 Å². The number of carbonyl (C=O) groups is 2. The largest absolute Gasteiger partial charge is 0.357 e. The maximum absolute atomic E-state index is 12.0. The van der Waals surface area contributed by atoms with Gasteiger partial charge in [-0.2, -0.15) is 0 Å². The number of nitrogens with zero attached hydrogens (tertiary/aromatic N) is 2. The second-order valence-corrected chi connectivity index (χ2v) is 7.42. The lowest BCUT2D eigenvalue weighted by Crippen LogP contribution is -2.36. The molecule has 2 aromatic rings. The molecule has 1 heterocycles. The Hall–Kier alpha value is -3.35. The van der Waals surface area contributed by atoms with Gasteiger partial charge in [-0.3, -0.25) is 9.59 Å². The molecule has 164 valence electrons. The Bertz CT molecular complexity index is 924. The predicted molar refractivity (Wildman–Crippen MR) is 124 cm³/mol. The summed E-state index contributed by atoms with van der Waals surface area (Å²) in [7, 11) is 0. The second kappa shape index (κ2) is 11.2. The fourth-order valence-electron chi connectivity index (χ4n) is 3.49. The summed E-state index contributed by atoms with van der Waals surface area (Å²) in [5, 5.41) is 9.41. The zero-order valence-electron chi connectivity index (χ0n) is 18.3. The summed E-state index contributed by atoms with van der Waals surface area (Å²) in [5.74, 6) is 0.839. The number of benzene rings is 2. The number of aliphatic imine (C=N–C) groups is 1. The van der Waals surface area contributed by atoms with Crippen molar-refractivity contribution in [3.63, 3.8) is 0 Å². The van der Waals surface area contributed by atoms with E-state index in [0.29, 0.717) is 37.6 Å². The fourth-order valence-corrected chi connectivity index (χ4v) is 3.49. The van der Waals surface area contributed by atoms with E-state index in [1.807, 2.05) is 61.2 Å². The third-order valence-electron chi connectivity index (χ3n) is 5.07. The molecule has 3 rings (SSSR count). The molecule has 1 saturated heterocycles. The number of amides is 2. The Morgan fingerprint density at radius 3 is 2.45 bits per heavy atom. The Morgan fingerprint density at radius 2 is 1.77 bits per heavy atom. The van der Waals surface area contributed by atoms with Gasteiger partial charge in [0.15, 0.2) is 5.96 Å². The normalized spacial score (nSPS) is 13.9. The summed E-state index contributed by atoms with van der Waals surface area (Å²) >= 11 is 0. The van der Waals surface area contributed by atoms with Crippen LogP contribution in [-0.4, -0.2) is 37.4 Å². The molecule has 0 saturated carbocycles. The number of nitrogens with one attached hydrogen (secondary N) is 3. The van der Waals surface area contributed by atoms with Crippen molar-refractivity contribution < 1.29 is 9.59 Å². The van der Waals surface area contributed by atoms with Crippen LogP contribution in [0.4, 0.5) is 5.69 Å². The van der Waals surface area contributed by atoms with Crippen LogP contribution in [0.25, 0.3) is 0 Å². The van der Waals surface area contributed by atoms with Gasteiger partial charge in [0.05, 0.1) is 6.54 Å². The smallest absolute Gasteiger partial charge is 0.251 e. The van der Waals surface area contributed by atoms with E-state index >= 15 is 0 Å². The molecule has 0 aliphatic carbocycles. The van der Waals surface area contributed by atoms with E-state index < -0.39 is 0 Å². The zero-order valence-corrected chi connectivity index (χ0v) is 18.3. The van der Waals surface area contributed by atoms with Gasteiger partial charge in [-0.05, 0) is 55.7 Å². The molecule has 0 spiro atoms. The second-order valence-electron chi connectivity index (χ2n) is 7.42. The maximum Gasteiger partial charge on any atom is 0.251 e. The molecule has 0 radical (unpaired) electrons. The van der Waals surface area contributed by atoms with Crippen LogP contribution in [-0.2, 0) is 17.9 Å². The summed E-state index contributed by atoms with van der Waals surface area (Å²) < 4.78 is 0. The van der Waals surface area contributed by atoms with Crippen LogP contribution in [0.15, 0.2) is 53.5 Å². The quantitative estimate of drug-likeness (QED) is 0.452. The van der Waals surface area contributed by atoms with Crippen molar-refractivity contribution in [3.05, 3.63) is 65.2 Å². The van der Waals surface area contributed by atoms with Crippen molar-refractivity contribution in [1.29, 1.82) is 0 Å². The van der Waals surface area contributed by atoms with Gasteiger partial charge in [0, 0.05) is 43.9 Å². The highest BCUT2D eigenvalue weighted by molar-refractivity contribution is 5.95. The molecule has 3 N–H and O–H groups in total. The summed E-state index contributed by atoms with van der Waals surface area (Å²) in [5.41, 5.74) is 3.68. The predicted octanol–water partition coefficient (Wildman–Crippen LogP) is 2.82. The molecule has 0 bridgehead atoms. The third kappa shape index (κ3) is 6.31. The Morgan fingerprint density at radius 1 is 1.00 bits per heavy atom. The average molecular weight is 422 g/mol. The van der Waals surface area contributed by atoms with E-state index in [1.54, 1.807) is 6.07 Å². The molecule has 0 aromatic heterocycles. The minimum atomic E-state index is -0.0718. The Kier molecular flexibility index (Phi) is 8.04. The Balaban J connectivity index is 1.59. The minimum absolute atomic E-state index is 0.0718. The molecular formula is C24H31N5O2. The number of hydrogen-bond donors (Lipinski definition) is 3. The molecule has 0 unspecified atom stereocenters. The molecule has 1 aliphatic heterocycles. The molecular weight excluding hydrogens is 390 g/mol. The van der Waals surface area contributed by atoms with Crippen LogP contribution in [0.5, 0.6) is 0 Å². The molecule has 7 nitrogen and oxygen atoms in total. The first-order valence-electron chi connectivity index (χ1n) is 10.9. The fraction of sp³-hybridized carbons (Fsp3) is 0.375. The highest BCUT2D eigenvalue weighted by atomic mass is 16.2. The number of rotatable bonds is 8. The van der Waals surface area contributed by atoms with E-state index in [1.165, 1.54) is 0 Å². The monoisotopic (exact) mass is 421 g/mol. The highest BCUT2D eigenvalue weighted by Crippen LogP contribution is 2.21.